The third-order valence-electron chi connectivity index (χ3n) is 4.46. The van der Waals surface area contributed by atoms with E-state index in [1.165, 1.54) is 12.7 Å². The fourth-order valence-corrected chi connectivity index (χ4v) is 7.07. The van der Waals surface area contributed by atoms with Crippen LogP contribution in [0.3, 0.4) is 0 Å². The number of nitrogens with zero attached hydrogens (tertiary/aromatic N) is 4. The Morgan fingerprint density at radius 1 is 1.32 bits per heavy atom. The van der Waals surface area contributed by atoms with Gasteiger partial charge in [0.25, 0.3) is 0 Å². The Morgan fingerprint density at radius 2 is 2.08 bits per heavy atom. The third kappa shape index (κ3) is 3.79. The van der Waals surface area contributed by atoms with E-state index in [0.29, 0.717) is 11.2 Å². The summed E-state index contributed by atoms with van der Waals surface area (Å²) in [7, 11) is 0. The maximum absolute atomic E-state index is 10.5. The first-order chi connectivity index (χ1) is 11.9. The van der Waals surface area contributed by atoms with Crippen LogP contribution in [-0.4, -0.2) is 68.0 Å². The topological polar surface area (TPSA) is 145 Å². The van der Waals surface area contributed by atoms with E-state index in [2.05, 4.69) is 20.8 Å². The quantitative estimate of drug-likeness (QED) is 0.466. The van der Waals surface area contributed by atoms with Crippen LogP contribution >= 0.6 is 0 Å². The van der Waals surface area contributed by atoms with Crippen molar-refractivity contribution in [1.82, 2.24) is 19.5 Å². The minimum atomic E-state index is -1.16. The summed E-state index contributed by atoms with van der Waals surface area (Å²) in [6.45, 7) is 2.00. The Hall–Kier alpha value is -1.29. The molecule has 1 fully saturated rings. The molecule has 0 amide bonds. The van der Waals surface area contributed by atoms with Gasteiger partial charge >= 0.3 is 150 Å². The molecule has 25 heavy (non-hydrogen) atoms. The second-order valence-corrected chi connectivity index (χ2v) is 12.0. The van der Waals surface area contributed by atoms with Gasteiger partial charge in [-0.15, -0.1) is 0 Å². The summed E-state index contributed by atoms with van der Waals surface area (Å²) < 4.78 is 7.59. The zero-order chi connectivity index (χ0) is 18.1. The molecule has 1 aliphatic rings. The molecule has 1 aliphatic heterocycles. The van der Waals surface area contributed by atoms with E-state index in [1.807, 2.05) is 6.92 Å². The van der Waals surface area contributed by atoms with Gasteiger partial charge in [0.15, 0.2) is 0 Å². The molecule has 2 aromatic heterocycles. The van der Waals surface area contributed by atoms with Crippen molar-refractivity contribution >= 4 is 30.9 Å². The first-order valence-electron chi connectivity index (χ1n) is 8.27. The normalized spacial score (nSPS) is 29.9. The van der Waals surface area contributed by atoms with Gasteiger partial charge in [0, 0.05) is 0 Å². The van der Waals surface area contributed by atoms with Crippen LogP contribution < -0.4 is 11.5 Å². The summed E-state index contributed by atoms with van der Waals surface area (Å²) in [6.07, 6.45) is 0.714. The van der Waals surface area contributed by atoms with E-state index in [4.69, 9.17) is 16.2 Å². The zero-order valence-corrected chi connectivity index (χ0v) is 16.2. The second kappa shape index (κ2) is 7.53. The van der Waals surface area contributed by atoms with Crippen molar-refractivity contribution in [3.63, 3.8) is 0 Å². The number of hydrogen-bond acceptors (Lipinski definition) is 8. The van der Waals surface area contributed by atoms with Gasteiger partial charge in [-0.2, -0.15) is 0 Å². The van der Waals surface area contributed by atoms with E-state index >= 15 is 0 Å². The summed E-state index contributed by atoms with van der Waals surface area (Å²) in [5, 5.41) is 22.8. The molecular weight excluding hydrogens is 391 g/mol. The van der Waals surface area contributed by atoms with Gasteiger partial charge in [-0.3, -0.25) is 0 Å². The van der Waals surface area contributed by atoms with Gasteiger partial charge in [0.2, 0.25) is 0 Å². The van der Waals surface area contributed by atoms with Crippen molar-refractivity contribution in [1.29, 1.82) is 0 Å². The predicted octanol–water partition coefficient (Wildman–Crippen LogP) is -0.378. The molecule has 1 saturated heterocycles. The monoisotopic (exact) mass is 418 g/mol. The van der Waals surface area contributed by atoms with E-state index in [1.54, 1.807) is 4.57 Å². The van der Waals surface area contributed by atoms with Crippen LogP contribution in [0.1, 0.15) is 19.6 Å². The van der Waals surface area contributed by atoms with E-state index in [0.717, 1.165) is 17.1 Å². The third-order valence-corrected chi connectivity index (χ3v) is 8.66. The molecule has 9 nitrogen and oxygen atoms in total. The van der Waals surface area contributed by atoms with Gasteiger partial charge in [0.05, 0.1) is 0 Å². The molecule has 3 rings (SSSR count). The van der Waals surface area contributed by atoms with E-state index in [-0.39, 0.29) is 11.9 Å². The van der Waals surface area contributed by atoms with Crippen molar-refractivity contribution in [3.05, 3.63) is 12.7 Å². The number of nitrogens with two attached hydrogens (primary N) is 2. The van der Waals surface area contributed by atoms with Gasteiger partial charge < -0.3 is 0 Å². The molecule has 3 heterocycles. The van der Waals surface area contributed by atoms with Crippen LogP contribution in [-0.2, 0) is 4.74 Å². The van der Waals surface area contributed by atoms with Crippen LogP contribution in [0.4, 0.5) is 5.82 Å². The Balaban J connectivity index is 1.74. The summed E-state index contributed by atoms with van der Waals surface area (Å²) in [5.41, 5.74) is 12.6. The molecule has 0 aliphatic carbocycles. The van der Waals surface area contributed by atoms with Crippen molar-refractivity contribution in [2.75, 3.05) is 5.73 Å². The average Bonchev–Trinajstić information content (AvgIpc) is 3.10. The molecule has 2 unspecified atom stereocenters. The number of ether oxygens (including phenoxy) is 1. The maximum atomic E-state index is 10.5. The molecule has 0 radical (unpaired) electrons. The summed E-state index contributed by atoms with van der Waals surface area (Å²) in [5.74, 6) is 2.51. The number of fused-ring (bicyclic) bond motifs is 1. The Morgan fingerprint density at radius 3 is 2.80 bits per heavy atom. The molecule has 2 aromatic rings. The van der Waals surface area contributed by atoms with Gasteiger partial charge in [0.1, 0.15) is 0 Å². The fraction of sp³-hybridized carbons (Fsp3) is 0.667. The molecule has 10 heteroatoms. The van der Waals surface area contributed by atoms with E-state index < -0.39 is 38.4 Å². The van der Waals surface area contributed by atoms with Crippen molar-refractivity contribution < 1.29 is 14.9 Å². The minimum absolute atomic E-state index is 0.187. The van der Waals surface area contributed by atoms with Gasteiger partial charge in [-0.05, 0) is 0 Å². The summed E-state index contributed by atoms with van der Waals surface area (Å²) >= 11 is -1.16. The van der Waals surface area contributed by atoms with Crippen LogP contribution in [0.5, 0.6) is 0 Å². The van der Waals surface area contributed by atoms with Crippen molar-refractivity contribution in [3.8, 4) is 0 Å². The number of hydrogen-bond donors (Lipinski definition) is 4. The molecule has 0 aromatic carbocycles. The number of nitrogen functional groups attached to an aromatic ring is 1. The Labute approximate surface area is 150 Å². The van der Waals surface area contributed by atoms with E-state index in [9.17, 15) is 10.2 Å². The second-order valence-electron chi connectivity index (χ2n) is 6.66. The SMILES string of the molecule is C[C@@H](N)CC[SeH](C)C[C@H]1O[C@@H](n2cnc3c(N)ncnc32)C(O)[C@H]1O. The average molecular weight is 417 g/mol. The first-order valence-corrected chi connectivity index (χ1v) is 12.8. The standard InChI is InChI=1S/C15H26N6O3Se/c1-8(16)3-4-25(2)5-9-11(22)12(23)15(24-9)21-7-20-10-13(17)18-6-19-14(10)21/h6-9,11-12,15,22-23,25H,3-5,16H2,1-2H3,(H2,17,18,19)/t8-,9-,11+,12?,15-/m1/s1. The molecule has 0 bridgehead atoms. The van der Waals surface area contributed by atoms with Crippen LogP contribution in [0.25, 0.3) is 11.2 Å². The Kier molecular flexibility index (Phi) is 5.57. The summed E-state index contributed by atoms with van der Waals surface area (Å²) in [4.78, 5) is 12.3. The van der Waals surface area contributed by atoms with Gasteiger partial charge in [-0.25, -0.2) is 0 Å². The van der Waals surface area contributed by atoms with Crippen molar-refractivity contribution in [2.45, 2.75) is 60.4 Å². The zero-order valence-electron chi connectivity index (χ0n) is 14.4. The van der Waals surface area contributed by atoms with Gasteiger partial charge in [-0.1, -0.05) is 0 Å². The number of aliphatic hydroxyl groups excluding tert-OH is 2. The number of aromatic nitrogens is 4. The Bertz CT molecular complexity index is 726. The van der Waals surface area contributed by atoms with Crippen LogP contribution in [0, 0.1) is 0 Å². The fourth-order valence-electron chi connectivity index (χ4n) is 2.99. The summed E-state index contributed by atoms with van der Waals surface area (Å²) in [6, 6.07) is 0.187. The number of imidazole rings is 1. The number of anilines is 1. The number of aliphatic hydroxyl groups is 2. The molecule has 0 spiro atoms. The molecule has 6 N–H and O–H groups in total. The molecule has 0 saturated carbocycles. The first kappa shape index (κ1) is 18.5. The molecule has 140 valence electrons. The predicted molar refractivity (Wildman–Crippen MR) is 96.6 cm³/mol. The number of rotatable bonds is 6. The van der Waals surface area contributed by atoms with Crippen molar-refractivity contribution in [2.24, 2.45) is 5.73 Å². The molecular formula is C15H26N6O3Se. The van der Waals surface area contributed by atoms with Crippen LogP contribution in [0.2, 0.25) is 16.5 Å². The molecule has 6 atom stereocenters. The van der Waals surface area contributed by atoms with Crippen LogP contribution in [0.15, 0.2) is 12.7 Å².